The summed E-state index contributed by atoms with van der Waals surface area (Å²) in [5.74, 6) is -0.105. The molecular formula is C19H18ClNO3. The summed E-state index contributed by atoms with van der Waals surface area (Å²) in [6, 6.07) is 11.3. The lowest BCUT2D eigenvalue weighted by molar-refractivity contribution is -0.136. The van der Waals surface area contributed by atoms with Crippen molar-refractivity contribution in [2.24, 2.45) is 0 Å². The average Bonchev–Trinajstić information content (AvgIpc) is 2.92. The number of benzene rings is 2. The Hall–Kier alpha value is -2.46. The number of aromatic nitrogens is 1. The molecule has 1 heterocycles. The zero-order chi connectivity index (χ0) is 17.3. The Morgan fingerprint density at radius 3 is 2.54 bits per heavy atom. The second-order valence-electron chi connectivity index (χ2n) is 5.62. The Morgan fingerprint density at radius 1 is 1.21 bits per heavy atom. The van der Waals surface area contributed by atoms with E-state index in [-0.39, 0.29) is 6.42 Å². The van der Waals surface area contributed by atoms with E-state index >= 15 is 0 Å². The molecule has 0 aliphatic carbocycles. The molecule has 0 spiro atoms. The zero-order valence-electron chi connectivity index (χ0n) is 13.5. The topological polar surface area (TPSA) is 62.3 Å². The standard InChI is InChI=1S/C19H18ClNO3/c1-3-24-13-7-5-12(6-8-13)19-14(10-16(22)23)17-15(20)9-4-11(2)18(17)21-19/h4-9,21H,3,10H2,1-2H3,(H,22,23). The maximum absolute atomic E-state index is 11.4. The number of aromatic amines is 1. The number of hydrogen-bond donors (Lipinski definition) is 2. The van der Waals surface area contributed by atoms with Crippen LogP contribution in [-0.2, 0) is 11.2 Å². The van der Waals surface area contributed by atoms with Crippen LogP contribution in [0.4, 0.5) is 0 Å². The van der Waals surface area contributed by atoms with Crippen molar-refractivity contribution in [2.75, 3.05) is 6.61 Å². The van der Waals surface area contributed by atoms with Crippen molar-refractivity contribution in [1.29, 1.82) is 0 Å². The molecule has 0 aliphatic heterocycles. The van der Waals surface area contributed by atoms with Gasteiger partial charge in [-0.05, 0) is 60.9 Å². The van der Waals surface area contributed by atoms with Crippen molar-refractivity contribution in [1.82, 2.24) is 4.98 Å². The first kappa shape index (κ1) is 16.4. The molecule has 0 aliphatic rings. The van der Waals surface area contributed by atoms with Crippen LogP contribution in [0.1, 0.15) is 18.1 Å². The molecule has 0 saturated carbocycles. The molecule has 1 aromatic heterocycles. The van der Waals surface area contributed by atoms with Gasteiger partial charge in [-0.2, -0.15) is 0 Å². The van der Waals surface area contributed by atoms with Gasteiger partial charge in [-0.3, -0.25) is 4.79 Å². The second-order valence-corrected chi connectivity index (χ2v) is 6.03. The monoisotopic (exact) mass is 343 g/mol. The zero-order valence-corrected chi connectivity index (χ0v) is 14.3. The molecule has 2 aromatic carbocycles. The number of carboxylic acids is 1. The molecule has 5 heteroatoms. The molecule has 0 radical (unpaired) electrons. The molecule has 3 rings (SSSR count). The number of aliphatic carboxylic acids is 1. The van der Waals surface area contributed by atoms with Crippen LogP contribution >= 0.6 is 11.6 Å². The molecule has 4 nitrogen and oxygen atoms in total. The number of fused-ring (bicyclic) bond motifs is 1. The molecule has 0 amide bonds. The first-order valence-electron chi connectivity index (χ1n) is 7.76. The molecule has 0 saturated heterocycles. The third-order valence-electron chi connectivity index (χ3n) is 4.00. The number of hydrogen-bond acceptors (Lipinski definition) is 2. The van der Waals surface area contributed by atoms with Gasteiger partial charge in [0.25, 0.3) is 0 Å². The van der Waals surface area contributed by atoms with Crippen molar-refractivity contribution in [2.45, 2.75) is 20.3 Å². The van der Waals surface area contributed by atoms with Crippen LogP contribution in [-0.4, -0.2) is 22.7 Å². The van der Waals surface area contributed by atoms with Crippen molar-refractivity contribution in [3.05, 3.63) is 52.5 Å². The van der Waals surface area contributed by atoms with E-state index in [0.717, 1.165) is 33.5 Å². The Balaban J connectivity index is 2.21. The van der Waals surface area contributed by atoms with Crippen LogP contribution in [0.15, 0.2) is 36.4 Å². The largest absolute Gasteiger partial charge is 0.494 e. The van der Waals surface area contributed by atoms with E-state index in [1.807, 2.05) is 44.2 Å². The summed E-state index contributed by atoms with van der Waals surface area (Å²) in [7, 11) is 0. The first-order chi connectivity index (χ1) is 11.5. The van der Waals surface area contributed by atoms with E-state index in [9.17, 15) is 9.90 Å². The molecular weight excluding hydrogens is 326 g/mol. The highest BCUT2D eigenvalue weighted by Crippen LogP contribution is 2.37. The van der Waals surface area contributed by atoms with E-state index in [1.165, 1.54) is 0 Å². The fourth-order valence-electron chi connectivity index (χ4n) is 2.92. The Labute approximate surface area is 145 Å². The number of carbonyl (C=O) groups is 1. The molecule has 0 unspecified atom stereocenters. The smallest absolute Gasteiger partial charge is 0.307 e. The fourth-order valence-corrected chi connectivity index (χ4v) is 3.19. The maximum Gasteiger partial charge on any atom is 0.307 e. The molecule has 0 bridgehead atoms. The average molecular weight is 344 g/mol. The SMILES string of the molecule is CCOc1ccc(-c2[nH]c3c(C)ccc(Cl)c3c2CC(=O)O)cc1. The van der Waals surface area contributed by atoms with E-state index in [1.54, 1.807) is 6.07 Å². The van der Waals surface area contributed by atoms with E-state index < -0.39 is 5.97 Å². The van der Waals surface area contributed by atoms with Gasteiger partial charge < -0.3 is 14.8 Å². The van der Waals surface area contributed by atoms with Gasteiger partial charge in [0.1, 0.15) is 5.75 Å². The Bertz CT molecular complexity index is 897. The quantitative estimate of drug-likeness (QED) is 0.698. The lowest BCUT2D eigenvalue weighted by atomic mass is 10.0. The van der Waals surface area contributed by atoms with Crippen LogP contribution in [0.2, 0.25) is 5.02 Å². The van der Waals surface area contributed by atoms with Crippen molar-refractivity contribution in [3.63, 3.8) is 0 Å². The predicted molar refractivity (Wildman–Crippen MR) is 96.0 cm³/mol. The highest BCUT2D eigenvalue weighted by atomic mass is 35.5. The highest BCUT2D eigenvalue weighted by molar-refractivity contribution is 6.36. The summed E-state index contributed by atoms with van der Waals surface area (Å²) in [6.45, 7) is 4.51. The van der Waals surface area contributed by atoms with Gasteiger partial charge in [-0.25, -0.2) is 0 Å². The lowest BCUT2D eigenvalue weighted by Crippen LogP contribution is -2.01. The molecule has 124 valence electrons. The van der Waals surface area contributed by atoms with E-state index in [0.29, 0.717) is 17.2 Å². The number of nitrogens with one attached hydrogen (secondary N) is 1. The van der Waals surface area contributed by atoms with Crippen LogP contribution in [0, 0.1) is 6.92 Å². The summed E-state index contributed by atoms with van der Waals surface area (Å²) in [4.78, 5) is 14.7. The molecule has 3 aromatic rings. The van der Waals surface area contributed by atoms with Gasteiger partial charge in [0, 0.05) is 5.39 Å². The summed E-state index contributed by atoms with van der Waals surface area (Å²) < 4.78 is 5.46. The normalized spacial score (nSPS) is 11.0. The van der Waals surface area contributed by atoms with Crippen LogP contribution in [0.5, 0.6) is 5.75 Å². The molecule has 2 N–H and O–H groups in total. The summed E-state index contributed by atoms with van der Waals surface area (Å²) in [5.41, 5.74) is 4.30. The van der Waals surface area contributed by atoms with Crippen molar-refractivity contribution < 1.29 is 14.6 Å². The second kappa shape index (κ2) is 6.57. The van der Waals surface area contributed by atoms with Crippen LogP contribution in [0.3, 0.4) is 0 Å². The number of rotatable bonds is 5. The first-order valence-corrected chi connectivity index (χ1v) is 8.13. The number of carboxylic acid groups (broad SMARTS) is 1. The fraction of sp³-hybridized carbons (Fsp3) is 0.211. The lowest BCUT2D eigenvalue weighted by Gasteiger charge is -2.06. The molecule has 0 atom stereocenters. The van der Waals surface area contributed by atoms with E-state index in [4.69, 9.17) is 16.3 Å². The number of halogens is 1. The summed E-state index contributed by atoms with van der Waals surface area (Å²) >= 11 is 6.35. The van der Waals surface area contributed by atoms with Crippen molar-refractivity contribution >= 4 is 28.5 Å². The summed E-state index contributed by atoms with van der Waals surface area (Å²) in [5, 5.41) is 10.6. The van der Waals surface area contributed by atoms with E-state index in [2.05, 4.69) is 4.98 Å². The van der Waals surface area contributed by atoms with Gasteiger partial charge in [0.05, 0.1) is 29.3 Å². The third kappa shape index (κ3) is 2.97. The van der Waals surface area contributed by atoms with Crippen LogP contribution < -0.4 is 4.74 Å². The third-order valence-corrected chi connectivity index (χ3v) is 4.31. The minimum Gasteiger partial charge on any atom is -0.494 e. The molecule has 0 fully saturated rings. The highest BCUT2D eigenvalue weighted by Gasteiger charge is 2.19. The van der Waals surface area contributed by atoms with Crippen LogP contribution in [0.25, 0.3) is 22.2 Å². The summed E-state index contributed by atoms with van der Waals surface area (Å²) in [6.07, 6.45) is -0.0915. The number of aryl methyl sites for hydroxylation is 1. The van der Waals surface area contributed by atoms with Gasteiger partial charge in [-0.15, -0.1) is 0 Å². The Morgan fingerprint density at radius 2 is 1.92 bits per heavy atom. The number of H-pyrrole nitrogens is 1. The van der Waals surface area contributed by atoms with Gasteiger partial charge in [-0.1, -0.05) is 17.7 Å². The minimum absolute atomic E-state index is 0.0915. The van der Waals surface area contributed by atoms with Gasteiger partial charge >= 0.3 is 5.97 Å². The Kier molecular flexibility index (Phi) is 4.49. The van der Waals surface area contributed by atoms with Gasteiger partial charge in [0.15, 0.2) is 0 Å². The number of ether oxygens (including phenoxy) is 1. The minimum atomic E-state index is -0.888. The van der Waals surface area contributed by atoms with Gasteiger partial charge in [0.2, 0.25) is 0 Å². The molecule has 24 heavy (non-hydrogen) atoms. The predicted octanol–water partition coefficient (Wildman–Crippen LogP) is 4.82. The maximum atomic E-state index is 11.4. The van der Waals surface area contributed by atoms with Crippen molar-refractivity contribution in [3.8, 4) is 17.0 Å².